The van der Waals surface area contributed by atoms with Crippen molar-refractivity contribution in [3.05, 3.63) is 58.3 Å². The lowest BCUT2D eigenvalue weighted by atomic mass is 9.97. The highest BCUT2D eigenvalue weighted by Crippen LogP contribution is 2.26. The van der Waals surface area contributed by atoms with E-state index in [0.717, 1.165) is 31.5 Å². The largest absolute Gasteiger partial charge is 0.335 e. The Morgan fingerprint density at radius 2 is 1.96 bits per heavy atom. The van der Waals surface area contributed by atoms with E-state index in [1.165, 1.54) is 5.56 Å². The molecule has 1 saturated heterocycles. The fourth-order valence-electron chi connectivity index (χ4n) is 3.39. The van der Waals surface area contributed by atoms with Crippen LogP contribution in [0.5, 0.6) is 0 Å². The molecule has 3 nitrogen and oxygen atoms in total. The molecule has 0 radical (unpaired) electrons. The van der Waals surface area contributed by atoms with Crippen molar-refractivity contribution in [1.29, 1.82) is 0 Å². The van der Waals surface area contributed by atoms with Gasteiger partial charge in [0.25, 0.3) is 0 Å². The number of likely N-dealkylation sites (tertiary alicyclic amines) is 1. The molecule has 1 aliphatic rings. The van der Waals surface area contributed by atoms with Gasteiger partial charge in [-0.3, -0.25) is 4.79 Å². The molecule has 1 unspecified atom stereocenters. The van der Waals surface area contributed by atoms with Crippen LogP contribution in [0.3, 0.4) is 0 Å². The zero-order valence-corrected chi connectivity index (χ0v) is 15.3. The van der Waals surface area contributed by atoms with E-state index in [9.17, 15) is 4.79 Å². The molecular formula is C20H26N2OS. The van der Waals surface area contributed by atoms with Gasteiger partial charge in [0.05, 0.1) is 5.92 Å². The van der Waals surface area contributed by atoms with E-state index in [2.05, 4.69) is 57.9 Å². The molecule has 1 aromatic carbocycles. The van der Waals surface area contributed by atoms with Crippen molar-refractivity contribution in [2.24, 2.45) is 0 Å². The van der Waals surface area contributed by atoms with Crippen molar-refractivity contribution in [2.45, 2.75) is 38.3 Å². The Labute approximate surface area is 148 Å². The number of nitrogens with zero attached hydrogens (tertiary/aromatic N) is 2. The second-order valence-electron chi connectivity index (χ2n) is 6.76. The third kappa shape index (κ3) is 4.05. The fraction of sp³-hybridized carbons (Fsp3) is 0.450. The van der Waals surface area contributed by atoms with Crippen LogP contribution in [0.1, 0.15) is 36.8 Å². The van der Waals surface area contributed by atoms with Gasteiger partial charge in [-0.15, -0.1) is 0 Å². The van der Waals surface area contributed by atoms with Gasteiger partial charge < -0.3 is 9.80 Å². The van der Waals surface area contributed by atoms with E-state index in [4.69, 9.17) is 0 Å². The summed E-state index contributed by atoms with van der Waals surface area (Å²) in [6.45, 7) is 4.88. The van der Waals surface area contributed by atoms with Crippen LogP contribution < -0.4 is 0 Å². The van der Waals surface area contributed by atoms with Crippen LogP contribution in [0.25, 0.3) is 0 Å². The predicted molar refractivity (Wildman–Crippen MR) is 100 cm³/mol. The molecule has 0 bridgehead atoms. The quantitative estimate of drug-likeness (QED) is 0.821. The summed E-state index contributed by atoms with van der Waals surface area (Å²) in [5.74, 6) is 0.187. The smallest absolute Gasteiger partial charge is 0.230 e. The van der Waals surface area contributed by atoms with Crippen molar-refractivity contribution in [3.63, 3.8) is 0 Å². The molecule has 1 amide bonds. The van der Waals surface area contributed by atoms with E-state index >= 15 is 0 Å². The number of benzene rings is 1. The number of rotatable bonds is 5. The maximum absolute atomic E-state index is 13.2. The standard InChI is InChI=1S/C20H26N2OS/c1-16(18-10-13-24-15-18)20(23)22(14-17-6-4-3-5-7-17)19-8-11-21(2)12-9-19/h3-7,10,13,15-16,19H,8-9,11-12,14H2,1-2H3. The van der Waals surface area contributed by atoms with Crippen molar-refractivity contribution in [2.75, 3.05) is 20.1 Å². The Bertz CT molecular complexity index is 633. The first-order valence-electron chi connectivity index (χ1n) is 8.70. The first-order chi connectivity index (χ1) is 11.6. The molecule has 128 valence electrons. The third-order valence-corrected chi connectivity index (χ3v) is 5.72. The minimum absolute atomic E-state index is 0.0698. The van der Waals surface area contributed by atoms with Crippen LogP contribution in [0.2, 0.25) is 0 Å². The van der Waals surface area contributed by atoms with E-state index < -0.39 is 0 Å². The van der Waals surface area contributed by atoms with Gasteiger partial charge in [0.2, 0.25) is 5.91 Å². The maximum Gasteiger partial charge on any atom is 0.230 e. The average Bonchev–Trinajstić information content (AvgIpc) is 3.15. The number of hydrogen-bond acceptors (Lipinski definition) is 3. The minimum Gasteiger partial charge on any atom is -0.335 e. The van der Waals surface area contributed by atoms with E-state index in [1.807, 2.05) is 13.0 Å². The summed E-state index contributed by atoms with van der Waals surface area (Å²) in [6.07, 6.45) is 2.12. The molecule has 2 heterocycles. The second-order valence-corrected chi connectivity index (χ2v) is 7.54. The summed E-state index contributed by atoms with van der Waals surface area (Å²) in [5, 5.41) is 4.15. The third-order valence-electron chi connectivity index (χ3n) is 5.02. The van der Waals surface area contributed by atoms with Gasteiger partial charge in [0, 0.05) is 12.6 Å². The Kier molecular flexibility index (Phi) is 5.69. The van der Waals surface area contributed by atoms with Crippen LogP contribution in [-0.2, 0) is 11.3 Å². The van der Waals surface area contributed by atoms with Gasteiger partial charge in [-0.05, 0) is 67.9 Å². The van der Waals surface area contributed by atoms with Crippen molar-refractivity contribution < 1.29 is 4.79 Å². The average molecular weight is 343 g/mol. The zero-order chi connectivity index (χ0) is 16.9. The molecule has 4 heteroatoms. The Balaban J connectivity index is 1.79. The van der Waals surface area contributed by atoms with Gasteiger partial charge in [-0.2, -0.15) is 11.3 Å². The van der Waals surface area contributed by atoms with E-state index in [-0.39, 0.29) is 11.8 Å². The van der Waals surface area contributed by atoms with Gasteiger partial charge in [0.1, 0.15) is 0 Å². The molecule has 24 heavy (non-hydrogen) atoms. The number of carbonyl (C=O) groups is 1. The van der Waals surface area contributed by atoms with Crippen molar-refractivity contribution in [1.82, 2.24) is 9.80 Å². The number of thiophene rings is 1. The molecule has 0 saturated carbocycles. The zero-order valence-electron chi connectivity index (χ0n) is 14.5. The SMILES string of the molecule is CC(C(=O)N(Cc1ccccc1)C1CCN(C)CC1)c1ccsc1. The molecule has 1 aliphatic heterocycles. The van der Waals surface area contributed by atoms with Crippen LogP contribution >= 0.6 is 11.3 Å². The van der Waals surface area contributed by atoms with Crippen LogP contribution in [-0.4, -0.2) is 41.9 Å². The summed E-state index contributed by atoms with van der Waals surface area (Å²) in [5.41, 5.74) is 2.35. The highest BCUT2D eigenvalue weighted by Gasteiger charge is 2.30. The van der Waals surface area contributed by atoms with Crippen molar-refractivity contribution >= 4 is 17.2 Å². The van der Waals surface area contributed by atoms with Gasteiger partial charge in [-0.25, -0.2) is 0 Å². The van der Waals surface area contributed by atoms with Crippen LogP contribution in [0.15, 0.2) is 47.2 Å². The summed E-state index contributed by atoms with van der Waals surface area (Å²) in [4.78, 5) is 17.7. The van der Waals surface area contributed by atoms with Gasteiger partial charge >= 0.3 is 0 Å². The summed E-state index contributed by atoms with van der Waals surface area (Å²) in [6, 6.07) is 12.8. The number of carbonyl (C=O) groups excluding carboxylic acids is 1. The summed E-state index contributed by atoms with van der Waals surface area (Å²) < 4.78 is 0. The minimum atomic E-state index is -0.0698. The van der Waals surface area contributed by atoms with Gasteiger partial charge in [-0.1, -0.05) is 30.3 Å². The topological polar surface area (TPSA) is 23.6 Å². The lowest BCUT2D eigenvalue weighted by molar-refractivity contribution is -0.136. The molecule has 0 spiro atoms. The highest BCUT2D eigenvalue weighted by atomic mass is 32.1. The summed E-state index contributed by atoms with van der Waals surface area (Å²) >= 11 is 1.66. The number of amides is 1. The Hall–Kier alpha value is -1.65. The predicted octanol–water partition coefficient (Wildman–Crippen LogP) is 3.97. The maximum atomic E-state index is 13.2. The fourth-order valence-corrected chi connectivity index (χ4v) is 4.14. The molecular weight excluding hydrogens is 316 g/mol. The first kappa shape index (κ1) is 17.2. The highest BCUT2D eigenvalue weighted by molar-refractivity contribution is 7.08. The number of hydrogen-bond donors (Lipinski definition) is 0. The normalized spacial score (nSPS) is 17.6. The lowest BCUT2D eigenvalue weighted by Gasteiger charge is -2.38. The molecule has 2 aromatic rings. The molecule has 0 aliphatic carbocycles. The Morgan fingerprint density at radius 1 is 1.25 bits per heavy atom. The Morgan fingerprint density at radius 3 is 2.58 bits per heavy atom. The van der Waals surface area contributed by atoms with E-state index in [0.29, 0.717) is 12.6 Å². The molecule has 1 atom stereocenters. The van der Waals surface area contributed by atoms with E-state index in [1.54, 1.807) is 11.3 Å². The lowest BCUT2D eigenvalue weighted by Crippen LogP contribution is -2.47. The summed E-state index contributed by atoms with van der Waals surface area (Å²) in [7, 11) is 2.16. The number of piperidine rings is 1. The van der Waals surface area contributed by atoms with Crippen LogP contribution in [0.4, 0.5) is 0 Å². The molecule has 0 N–H and O–H groups in total. The second kappa shape index (κ2) is 7.95. The van der Waals surface area contributed by atoms with Crippen molar-refractivity contribution in [3.8, 4) is 0 Å². The molecule has 3 rings (SSSR count). The van der Waals surface area contributed by atoms with Crippen LogP contribution in [0, 0.1) is 0 Å². The first-order valence-corrected chi connectivity index (χ1v) is 9.64. The van der Waals surface area contributed by atoms with Gasteiger partial charge in [0.15, 0.2) is 0 Å². The monoisotopic (exact) mass is 342 g/mol. The molecule has 1 fully saturated rings. The molecule has 1 aromatic heterocycles.